The molecule has 4 rings (SSSR count). The van der Waals surface area contributed by atoms with Gasteiger partial charge in [0.05, 0.1) is 23.8 Å². The number of nitrogens with zero attached hydrogens (tertiary/aromatic N) is 1. The van der Waals surface area contributed by atoms with Crippen LogP contribution in [0.5, 0.6) is 5.75 Å². The third kappa shape index (κ3) is 6.90. The third-order valence-corrected chi connectivity index (χ3v) is 7.94. The molecule has 1 aromatic rings. The Hall–Kier alpha value is -3.14. The lowest BCUT2D eigenvalue weighted by atomic mass is 9.94. The zero-order valence-electron chi connectivity index (χ0n) is 23.5. The molecular formula is C29H42N4O6. The van der Waals surface area contributed by atoms with Gasteiger partial charge >= 0.3 is 0 Å². The highest BCUT2D eigenvalue weighted by Crippen LogP contribution is 2.31. The molecule has 1 saturated heterocycles. The van der Waals surface area contributed by atoms with Crippen LogP contribution in [0.15, 0.2) is 24.3 Å². The predicted octanol–water partition coefficient (Wildman–Crippen LogP) is 2.16. The van der Waals surface area contributed by atoms with Gasteiger partial charge in [0.25, 0.3) is 5.91 Å². The van der Waals surface area contributed by atoms with Crippen molar-refractivity contribution in [1.82, 2.24) is 20.9 Å². The number of nitrogens with one attached hydrogen (secondary N) is 3. The first kappa shape index (κ1) is 28.9. The zero-order valence-corrected chi connectivity index (χ0v) is 23.5. The SMILES string of the molecule is CC(C)[C@H]1COc2ccccc2C(=O)N[C@H](C(=O)N2C[C@@H](C)O[C@@H](C)C2)CCC(=O)NC2(CCCC2)C(=O)N1. The summed E-state index contributed by atoms with van der Waals surface area (Å²) in [7, 11) is 0. The summed E-state index contributed by atoms with van der Waals surface area (Å²) in [6, 6.07) is 5.61. The fraction of sp³-hybridized carbons (Fsp3) is 0.655. The molecule has 4 amide bonds. The van der Waals surface area contributed by atoms with E-state index in [1.54, 1.807) is 29.2 Å². The number of rotatable bonds is 2. The molecule has 39 heavy (non-hydrogen) atoms. The first-order valence-corrected chi connectivity index (χ1v) is 14.2. The van der Waals surface area contributed by atoms with E-state index in [0.29, 0.717) is 37.2 Å². The quantitative estimate of drug-likeness (QED) is 0.526. The number of amides is 4. The maximum absolute atomic E-state index is 13.7. The van der Waals surface area contributed by atoms with E-state index < -0.39 is 17.5 Å². The van der Waals surface area contributed by atoms with Crippen LogP contribution in [0.1, 0.15) is 76.6 Å². The van der Waals surface area contributed by atoms with Crippen LogP contribution in [-0.4, -0.2) is 78.1 Å². The molecule has 2 heterocycles. The predicted molar refractivity (Wildman–Crippen MR) is 145 cm³/mol. The molecule has 1 spiro atoms. The lowest BCUT2D eigenvalue weighted by Gasteiger charge is -2.37. The molecule has 0 radical (unpaired) electrons. The second-order valence-corrected chi connectivity index (χ2v) is 11.5. The summed E-state index contributed by atoms with van der Waals surface area (Å²) in [4.78, 5) is 55.6. The second-order valence-electron chi connectivity index (χ2n) is 11.5. The van der Waals surface area contributed by atoms with Gasteiger partial charge in [-0.15, -0.1) is 0 Å². The maximum atomic E-state index is 13.7. The smallest absolute Gasteiger partial charge is 0.255 e. The van der Waals surface area contributed by atoms with Gasteiger partial charge in [0.2, 0.25) is 17.7 Å². The van der Waals surface area contributed by atoms with Gasteiger partial charge in [0, 0.05) is 19.5 Å². The van der Waals surface area contributed by atoms with Crippen molar-refractivity contribution in [1.29, 1.82) is 0 Å². The van der Waals surface area contributed by atoms with E-state index in [4.69, 9.17) is 9.47 Å². The summed E-state index contributed by atoms with van der Waals surface area (Å²) in [5, 5.41) is 8.99. The molecule has 0 bridgehead atoms. The van der Waals surface area contributed by atoms with Gasteiger partial charge in [-0.25, -0.2) is 0 Å². The first-order chi connectivity index (χ1) is 18.6. The zero-order chi connectivity index (χ0) is 28.2. The van der Waals surface area contributed by atoms with Gasteiger partial charge in [-0.1, -0.05) is 38.8 Å². The highest BCUT2D eigenvalue weighted by Gasteiger charge is 2.43. The van der Waals surface area contributed by atoms with Crippen LogP contribution in [0.4, 0.5) is 0 Å². The van der Waals surface area contributed by atoms with E-state index in [9.17, 15) is 19.2 Å². The van der Waals surface area contributed by atoms with Gasteiger partial charge in [0.1, 0.15) is 23.9 Å². The normalized spacial score (nSPS) is 28.4. The number of fused-ring (bicyclic) bond motifs is 1. The molecule has 2 aliphatic heterocycles. The van der Waals surface area contributed by atoms with Crippen molar-refractivity contribution in [3.05, 3.63) is 29.8 Å². The van der Waals surface area contributed by atoms with Crippen LogP contribution < -0.4 is 20.7 Å². The third-order valence-electron chi connectivity index (χ3n) is 7.94. The molecule has 10 heteroatoms. The lowest BCUT2D eigenvalue weighted by Crippen LogP contribution is -2.60. The number of morpholine rings is 1. The molecule has 0 aromatic heterocycles. The van der Waals surface area contributed by atoms with Gasteiger partial charge in [0.15, 0.2) is 0 Å². The Morgan fingerprint density at radius 3 is 2.36 bits per heavy atom. The number of hydrogen-bond acceptors (Lipinski definition) is 6. The van der Waals surface area contributed by atoms with Crippen molar-refractivity contribution in [2.24, 2.45) is 5.92 Å². The Morgan fingerprint density at radius 2 is 1.69 bits per heavy atom. The van der Waals surface area contributed by atoms with E-state index in [1.807, 2.05) is 27.7 Å². The van der Waals surface area contributed by atoms with Crippen LogP contribution in [0.25, 0.3) is 0 Å². The summed E-state index contributed by atoms with van der Waals surface area (Å²) in [5.74, 6) is -0.804. The largest absolute Gasteiger partial charge is 0.491 e. The molecule has 3 aliphatic rings. The molecule has 1 aromatic carbocycles. The van der Waals surface area contributed by atoms with Crippen LogP contribution >= 0.6 is 0 Å². The average Bonchev–Trinajstić information content (AvgIpc) is 3.36. The number of ether oxygens (including phenoxy) is 2. The van der Waals surface area contributed by atoms with Gasteiger partial charge in [-0.3, -0.25) is 19.2 Å². The minimum Gasteiger partial charge on any atom is -0.491 e. The van der Waals surface area contributed by atoms with E-state index >= 15 is 0 Å². The molecule has 214 valence electrons. The molecule has 3 N–H and O–H groups in total. The fourth-order valence-electron chi connectivity index (χ4n) is 5.73. The molecule has 2 fully saturated rings. The molecular weight excluding hydrogens is 500 g/mol. The molecule has 4 atom stereocenters. The number of carbonyl (C=O) groups excluding carboxylic acids is 4. The van der Waals surface area contributed by atoms with E-state index in [1.165, 1.54) is 0 Å². The standard InChI is InChI=1S/C29H42N4O6/c1-18(2)23-17-38-24-10-6-5-9-21(24)26(35)30-22(27(36)33-15-19(3)39-20(4)16-33)11-12-25(34)32-29(28(37)31-23)13-7-8-14-29/h5-6,9-10,18-20,22-23H,7-8,11-17H2,1-4H3,(H,30,35)(H,31,37)(H,32,34)/t19-,20+,22-,23+/m0/s1. The number of para-hydroxylation sites is 1. The first-order valence-electron chi connectivity index (χ1n) is 14.2. The van der Waals surface area contributed by atoms with Crippen LogP contribution in [0.3, 0.4) is 0 Å². The summed E-state index contributed by atoms with van der Waals surface area (Å²) in [6.07, 6.45) is 2.62. The Morgan fingerprint density at radius 1 is 1.03 bits per heavy atom. The van der Waals surface area contributed by atoms with E-state index in [-0.39, 0.29) is 61.3 Å². The highest BCUT2D eigenvalue weighted by atomic mass is 16.5. The molecule has 10 nitrogen and oxygen atoms in total. The summed E-state index contributed by atoms with van der Waals surface area (Å²) in [6.45, 7) is 8.76. The van der Waals surface area contributed by atoms with Gasteiger partial charge < -0.3 is 30.3 Å². The summed E-state index contributed by atoms with van der Waals surface area (Å²) >= 11 is 0. The maximum Gasteiger partial charge on any atom is 0.255 e. The fourth-order valence-corrected chi connectivity index (χ4v) is 5.73. The Kier molecular flexibility index (Phi) is 9.15. The highest BCUT2D eigenvalue weighted by molar-refractivity contribution is 6.00. The van der Waals surface area contributed by atoms with Crippen molar-refractivity contribution in [2.75, 3.05) is 19.7 Å². The van der Waals surface area contributed by atoms with Crippen molar-refractivity contribution in [2.45, 2.75) is 96.1 Å². The van der Waals surface area contributed by atoms with Gasteiger partial charge in [-0.05, 0) is 51.2 Å². The Labute approximate surface area is 230 Å². The summed E-state index contributed by atoms with van der Waals surface area (Å²) in [5.41, 5.74) is -0.695. The topological polar surface area (TPSA) is 126 Å². The minimum absolute atomic E-state index is 0.00702. The Bertz CT molecular complexity index is 1060. The monoisotopic (exact) mass is 542 g/mol. The average molecular weight is 543 g/mol. The summed E-state index contributed by atoms with van der Waals surface area (Å²) < 4.78 is 11.9. The van der Waals surface area contributed by atoms with Crippen LogP contribution in [0, 0.1) is 5.92 Å². The minimum atomic E-state index is -0.986. The van der Waals surface area contributed by atoms with Crippen LogP contribution in [-0.2, 0) is 19.1 Å². The van der Waals surface area contributed by atoms with E-state index in [2.05, 4.69) is 16.0 Å². The van der Waals surface area contributed by atoms with Crippen molar-refractivity contribution in [3.8, 4) is 5.75 Å². The lowest BCUT2D eigenvalue weighted by molar-refractivity contribution is -0.145. The van der Waals surface area contributed by atoms with Crippen molar-refractivity contribution in [3.63, 3.8) is 0 Å². The second kappa shape index (κ2) is 12.4. The van der Waals surface area contributed by atoms with Crippen LogP contribution in [0.2, 0.25) is 0 Å². The number of benzene rings is 1. The number of carbonyl (C=O) groups is 4. The molecule has 1 aliphatic carbocycles. The molecule has 0 unspecified atom stereocenters. The van der Waals surface area contributed by atoms with Crippen molar-refractivity contribution < 1.29 is 28.7 Å². The van der Waals surface area contributed by atoms with E-state index in [0.717, 1.165) is 12.8 Å². The number of hydrogen-bond donors (Lipinski definition) is 3. The van der Waals surface area contributed by atoms with Crippen molar-refractivity contribution >= 4 is 23.6 Å². The van der Waals surface area contributed by atoms with Gasteiger partial charge in [-0.2, -0.15) is 0 Å². The Balaban J connectivity index is 1.65. The molecule has 1 saturated carbocycles.